The standard InChI is InChI=1S/C18H27BrN2O/c19-12-6-2-5-9-18(22)20-17-10-13-21(14-11-17)15-16-7-3-1-4-8-16/h1,3-4,7-8,17H,2,5-6,9-15H2,(H,20,22). The van der Waals surface area contributed by atoms with Crippen LogP contribution in [0, 0.1) is 0 Å². The van der Waals surface area contributed by atoms with Crippen LogP contribution >= 0.6 is 15.9 Å². The maximum Gasteiger partial charge on any atom is 0.220 e. The molecule has 1 heterocycles. The third-order valence-electron chi connectivity index (χ3n) is 4.24. The van der Waals surface area contributed by atoms with Crippen molar-refractivity contribution in [2.45, 2.75) is 51.1 Å². The van der Waals surface area contributed by atoms with E-state index >= 15 is 0 Å². The summed E-state index contributed by atoms with van der Waals surface area (Å²) in [5, 5.41) is 4.24. The summed E-state index contributed by atoms with van der Waals surface area (Å²) in [5.41, 5.74) is 1.37. The SMILES string of the molecule is O=C(CCCCCBr)NC1CCN(Cc2ccccc2)CC1. The number of hydrogen-bond acceptors (Lipinski definition) is 2. The molecular weight excluding hydrogens is 340 g/mol. The van der Waals surface area contributed by atoms with Crippen LogP contribution in [0.15, 0.2) is 30.3 Å². The average molecular weight is 367 g/mol. The molecule has 1 N–H and O–H groups in total. The van der Waals surface area contributed by atoms with Gasteiger partial charge in [0.1, 0.15) is 0 Å². The van der Waals surface area contributed by atoms with Crippen LogP contribution in [-0.2, 0) is 11.3 Å². The predicted octanol–water partition coefficient (Wildman–Crippen LogP) is 3.72. The molecule has 0 atom stereocenters. The third-order valence-corrected chi connectivity index (χ3v) is 4.80. The van der Waals surface area contributed by atoms with Crippen LogP contribution in [0.2, 0.25) is 0 Å². The molecule has 0 aliphatic carbocycles. The molecule has 1 aliphatic rings. The highest BCUT2D eigenvalue weighted by Crippen LogP contribution is 2.14. The molecule has 0 aromatic heterocycles. The number of carbonyl (C=O) groups excluding carboxylic acids is 1. The highest BCUT2D eigenvalue weighted by molar-refractivity contribution is 9.09. The zero-order valence-electron chi connectivity index (χ0n) is 13.3. The fourth-order valence-electron chi connectivity index (χ4n) is 2.93. The van der Waals surface area contributed by atoms with Crippen molar-refractivity contribution in [3.05, 3.63) is 35.9 Å². The highest BCUT2D eigenvalue weighted by Gasteiger charge is 2.20. The molecule has 1 aliphatic heterocycles. The second kappa shape index (κ2) is 10.0. The smallest absolute Gasteiger partial charge is 0.220 e. The van der Waals surface area contributed by atoms with E-state index in [0.717, 1.165) is 57.1 Å². The Kier molecular flexibility index (Phi) is 7.95. The monoisotopic (exact) mass is 366 g/mol. The van der Waals surface area contributed by atoms with Crippen molar-refractivity contribution in [1.29, 1.82) is 0 Å². The average Bonchev–Trinajstić information content (AvgIpc) is 2.54. The van der Waals surface area contributed by atoms with Crippen molar-refractivity contribution in [2.24, 2.45) is 0 Å². The van der Waals surface area contributed by atoms with Gasteiger partial charge in [0.15, 0.2) is 0 Å². The number of alkyl halides is 1. The minimum atomic E-state index is 0.232. The minimum Gasteiger partial charge on any atom is -0.353 e. The normalized spacial score (nSPS) is 16.6. The fraction of sp³-hybridized carbons (Fsp3) is 0.611. The molecule has 1 saturated heterocycles. The van der Waals surface area contributed by atoms with Gasteiger partial charge in [0.2, 0.25) is 5.91 Å². The Balaban J connectivity index is 1.61. The van der Waals surface area contributed by atoms with E-state index in [9.17, 15) is 4.79 Å². The van der Waals surface area contributed by atoms with Crippen LogP contribution in [0.3, 0.4) is 0 Å². The van der Waals surface area contributed by atoms with Crippen LogP contribution in [-0.4, -0.2) is 35.3 Å². The zero-order chi connectivity index (χ0) is 15.6. The molecule has 2 rings (SSSR count). The summed E-state index contributed by atoms with van der Waals surface area (Å²) in [6.07, 6.45) is 6.11. The molecule has 4 heteroatoms. The van der Waals surface area contributed by atoms with Crippen LogP contribution in [0.4, 0.5) is 0 Å². The van der Waals surface area contributed by atoms with E-state index in [1.54, 1.807) is 0 Å². The summed E-state index contributed by atoms with van der Waals surface area (Å²) in [6.45, 7) is 3.17. The van der Waals surface area contributed by atoms with Gasteiger partial charge in [0.25, 0.3) is 0 Å². The molecule has 22 heavy (non-hydrogen) atoms. The zero-order valence-corrected chi connectivity index (χ0v) is 14.9. The van der Waals surface area contributed by atoms with Crippen LogP contribution in [0.1, 0.15) is 44.1 Å². The van der Waals surface area contributed by atoms with Gasteiger partial charge in [0.05, 0.1) is 0 Å². The summed E-state index contributed by atoms with van der Waals surface area (Å²) >= 11 is 3.42. The Bertz CT molecular complexity index is 430. The lowest BCUT2D eigenvalue weighted by atomic mass is 10.0. The number of nitrogens with one attached hydrogen (secondary N) is 1. The first-order chi connectivity index (χ1) is 10.8. The van der Waals surface area contributed by atoms with Crippen molar-refractivity contribution in [1.82, 2.24) is 10.2 Å². The first kappa shape index (κ1) is 17.5. The molecule has 1 amide bonds. The summed E-state index contributed by atoms with van der Waals surface area (Å²) in [7, 11) is 0. The summed E-state index contributed by atoms with van der Waals surface area (Å²) < 4.78 is 0. The maximum atomic E-state index is 11.9. The molecule has 0 unspecified atom stereocenters. The number of hydrogen-bond donors (Lipinski definition) is 1. The molecule has 122 valence electrons. The molecule has 3 nitrogen and oxygen atoms in total. The lowest BCUT2D eigenvalue weighted by molar-refractivity contribution is -0.122. The predicted molar refractivity (Wildman–Crippen MR) is 95.1 cm³/mol. The van der Waals surface area contributed by atoms with Crippen molar-refractivity contribution in [3.8, 4) is 0 Å². The topological polar surface area (TPSA) is 32.3 Å². The molecule has 0 radical (unpaired) electrons. The first-order valence-corrected chi connectivity index (χ1v) is 9.51. The lowest BCUT2D eigenvalue weighted by Gasteiger charge is -2.32. The number of carbonyl (C=O) groups is 1. The van der Waals surface area contributed by atoms with E-state index in [0.29, 0.717) is 12.5 Å². The van der Waals surface area contributed by atoms with Crippen molar-refractivity contribution in [2.75, 3.05) is 18.4 Å². The largest absolute Gasteiger partial charge is 0.353 e. The molecule has 1 fully saturated rings. The lowest BCUT2D eigenvalue weighted by Crippen LogP contribution is -2.44. The Morgan fingerprint density at radius 2 is 1.86 bits per heavy atom. The van der Waals surface area contributed by atoms with E-state index in [-0.39, 0.29) is 5.91 Å². The second-order valence-corrected chi connectivity index (χ2v) is 6.90. The molecule has 1 aromatic rings. The first-order valence-electron chi connectivity index (χ1n) is 8.39. The van der Waals surface area contributed by atoms with E-state index < -0.39 is 0 Å². The summed E-state index contributed by atoms with van der Waals surface area (Å²) in [6, 6.07) is 11.0. The molecule has 0 bridgehead atoms. The molecule has 0 saturated carbocycles. The maximum absolute atomic E-state index is 11.9. The van der Waals surface area contributed by atoms with Crippen LogP contribution in [0.25, 0.3) is 0 Å². The summed E-state index contributed by atoms with van der Waals surface area (Å²) in [4.78, 5) is 14.4. The van der Waals surface area contributed by atoms with E-state index in [1.807, 2.05) is 0 Å². The van der Waals surface area contributed by atoms with Gasteiger partial charge in [-0.3, -0.25) is 9.69 Å². The Labute approximate surface area is 142 Å². The minimum absolute atomic E-state index is 0.232. The van der Waals surface area contributed by atoms with E-state index in [2.05, 4.69) is 56.5 Å². The third kappa shape index (κ3) is 6.49. The Morgan fingerprint density at radius 3 is 2.55 bits per heavy atom. The van der Waals surface area contributed by atoms with Gasteiger partial charge in [-0.1, -0.05) is 52.7 Å². The number of amides is 1. The number of nitrogens with zero attached hydrogens (tertiary/aromatic N) is 1. The Hall–Kier alpha value is -0.870. The number of halogens is 1. The Morgan fingerprint density at radius 1 is 1.14 bits per heavy atom. The van der Waals surface area contributed by atoms with Gasteiger partial charge < -0.3 is 5.32 Å². The van der Waals surface area contributed by atoms with Crippen molar-refractivity contribution in [3.63, 3.8) is 0 Å². The highest BCUT2D eigenvalue weighted by atomic mass is 79.9. The van der Waals surface area contributed by atoms with Crippen LogP contribution < -0.4 is 5.32 Å². The van der Waals surface area contributed by atoms with Gasteiger partial charge in [0, 0.05) is 37.4 Å². The van der Waals surface area contributed by atoms with Crippen LogP contribution in [0.5, 0.6) is 0 Å². The van der Waals surface area contributed by atoms with Crippen molar-refractivity contribution < 1.29 is 4.79 Å². The molecular formula is C18H27BrN2O. The number of rotatable bonds is 8. The van der Waals surface area contributed by atoms with Gasteiger partial charge in [-0.15, -0.1) is 0 Å². The number of piperidine rings is 1. The number of likely N-dealkylation sites (tertiary alicyclic amines) is 1. The van der Waals surface area contributed by atoms with Gasteiger partial charge >= 0.3 is 0 Å². The quantitative estimate of drug-likeness (QED) is 0.561. The second-order valence-electron chi connectivity index (χ2n) is 6.10. The van der Waals surface area contributed by atoms with E-state index in [4.69, 9.17) is 0 Å². The summed E-state index contributed by atoms with van der Waals surface area (Å²) in [5.74, 6) is 0.232. The molecule has 1 aromatic carbocycles. The van der Waals surface area contributed by atoms with E-state index in [1.165, 1.54) is 5.56 Å². The van der Waals surface area contributed by atoms with Crippen molar-refractivity contribution >= 4 is 21.8 Å². The number of benzene rings is 1. The van der Waals surface area contributed by atoms with Gasteiger partial charge in [-0.2, -0.15) is 0 Å². The van der Waals surface area contributed by atoms with Gasteiger partial charge in [-0.05, 0) is 31.2 Å². The number of unbranched alkanes of at least 4 members (excludes halogenated alkanes) is 2. The van der Waals surface area contributed by atoms with Gasteiger partial charge in [-0.25, -0.2) is 0 Å². The molecule has 0 spiro atoms. The fourth-order valence-corrected chi connectivity index (χ4v) is 3.33.